The molecule has 3 amide bonds. The van der Waals surface area contributed by atoms with Crippen molar-refractivity contribution in [2.75, 3.05) is 6.54 Å². The zero-order valence-electron chi connectivity index (χ0n) is 12.0. The first-order valence-corrected chi connectivity index (χ1v) is 6.91. The Balaban J connectivity index is 2.71. The number of carbonyl (C=O) groups excluding carboxylic acids is 2. The molecular weight excluding hydrogens is 262 g/mol. The molecule has 0 aromatic carbocycles. The van der Waals surface area contributed by atoms with E-state index in [1.165, 1.54) is 4.90 Å². The maximum atomic E-state index is 12.2. The van der Waals surface area contributed by atoms with Crippen molar-refractivity contribution in [1.82, 2.24) is 10.2 Å². The zero-order chi connectivity index (χ0) is 15.3. The van der Waals surface area contributed by atoms with Crippen molar-refractivity contribution in [2.45, 2.75) is 51.6 Å². The molecule has 1 aliphatic rings. The Morgan fingerprint density at radius 2 is 2.00 bits per heavy atom. The minimum atomic E-state index is -0.926. The van der Waals surface area contributed by atoms with Gasteiger partial charge in [-0.1, -0.05) is 13.8 Å². The van der Waals surface area contributed by atoms with Gasteiger partial charge in [0.1, 0.15) is 6.04 Å². The number of aliphatic carboxylic acids is 1. The lowest BCUT2D eigenvalue weighted by molar-refractivity contribution is -0.138. The number of hydrogen-bond donors (Lipinski definition) is 3. The minimum Gasteiger partial charge on any atom is -0.481 e. The molecular formula is C13H23N3O4. The molecule has 7 nitrogen and oxygen atoms in total. The molecule has 1 fully saturated rings. The van der Waals surface area contributed by atoms with Crippen LogP contribution in [0.25, 0.3) is 0 Å². The summed E-state index contributed by atoms with van der Waals surface area (Å²) in [6.45, 7) is 4.09. The summed E-state index contributed by atoms with van der Waals surface area (Å²) in [6, 6.07) is -1.47. The molecule has 1 heterocycles. The van der Waals surface area contributed by atoms with Gasteiger partial charge in [0.2, 0.25) is 5.91 Å². The van der Waals surface area contributed by atoms with E-state index >= 15 is 0 Å². The quantitative estimate of drug-likeness (QED) is 0.684. The molecule has 0 aromatic rings. The topological polar surface area (TPSA) is 113 Å². The van der Waals surface area contributed by atoms with E-state index in [2.05, 4.69) is 5.32 Å². The summed E-state index contributed by atoms with van der Waals surface area (Å²) in [7, 11) is 0. The fraction of sp³-hybridized carbons (Fsp3) is 0.769. The van der Waals surface area contributed by atoms with Crippen LogP contribution in [-0.4, -0.2) is 46.5 Å². The lowest BCUT2D eigenvalue weighted by Gasteiger charge is -2.36. The first-order chi connectivity index (χ1) is 9.32. The number of nitrogens with one attached hydrogen (secondary N) is 1. The van der Waals surface area contributed by atoms with Crippen molar-refractivity contribution in [3.63, 3.8) is 0 Å². The Labute approximate surface area is 118 Å². The minimum absolute atomic E-state index is 0.0731. The number of urea groups is 1. The highest BCUT2D eigenvalue weighted by Gasteiger charge is 2.31. The average Bonchev–Trinajstić information content (AvgIpc) is 2.34. The van der Waals surface area contributed by atoms with Crippen LogP contribution in [0.4, 0.5) is 4.79 Å². The lowest BCUT2D eigenvalue weighted by Crippen LogP contribution is -2.55. The van der Waals surface area contributed by atoms with Crippen molar-refractivity contribution in [3.8, 4) is 0 Å². The zero-order valence-corrected chi connectivity index (χ0v) is 12.0. The molecule has 1 aliphatic heterocycles. The second-order valence-corrected chi connectivity index (χ2v) is 5.51. The van der Waals surface area contributed by atoms with Crippen LogP contribution in [0, 0.1) is 5.92 Å². The maximum absolute atomic E-state index is 12.2. The average molecular weight is 285 g/mol. The fourth-order valence-electron chi connectivity index (χ4n) is 2.46. The summed E-state index contributed by atoms with van der Waals surface area (Å²) in [6.07, 6.45) is 2.34. The first kappa shape index (κ1) is 16.3. The largest absolute Gasteiger partial charge is 0.481 e. The van der Waals surface area contributed by atoms with Crippen LogP contribution >= 0.6 is 0 Å². The second kappa shape index (κ2) is 7.12. The number of nitrogens with zero attached hydrogens (tertiary/aromatic N) is 1. The van der Waals surface area contributed by atoms with Gasteiger partial charge in [-0.3, -0.25) is 9.59 Å². The molecule has 4 N–H and O–H groups in total. The van der Waals surface area contributed by atoms with Crippen LogP contribution < -0.4 is 11.1 Å². The first-order valence-electron chi connectivity index (χ1n) is 6.91. The third-order valence-electron chi connectivity index (χ3n) is 3.55. The smallest absolute Gasteiger partial charge is 0.318 e. The van der Waals surface area contributed by atoms with Crippen molar-refractivity contribution >= 4 is 17.9 Å². The predicted octanol–water partition coefficient (Wildman–Crippen LogP) is 0.535. The molecule has 2 unspecified atom stereocenters. The summed E-state index contributed by atoms with van der Waals surface area (Å²) in [5.41, 5.74) is 5.26. The molecule has 0 radical (unpaired) electrons. The molecule has 1 saturated heterocycles. The van der Waals surface area contributed by atoms with E-state index in [0.29, 0.717) is 13.0 Å². The molecule has 114 valence electrons. The fourth-order valence-corrected chi connectivity index (χ4v) is 2.46. The number of primary amides is 1. The highest BCUT2D eigenvalue weighted by Crippen LogP contribution is 2.20. The van der Waals surface area contributed by atoms with E-state index in [0.717, 1.165) is 12.8 Å². The van der Waals surface area contributed by atoms with Gasteiger partial charge in [-0.2, -0.15) is 0 Å². The number of nitrogens with two attached hydrogens (primary N) is 1. The Hall–Kier alpha value is -1.79. The van der Waals surface area contributed by atoms with Gasteiger partial charge in [-0.05, 0) is 25.2 Å². The summed E-state index contributed by atoms with van der Waals surface area (Å²) >= 11 is 0. The SMILES string of the molecule is CC(C)C(NC(=O)N1CCCCC1CC(=O)O)C(N)=O. The number of piperidine rings is 1. The van der Waals surface area contributed by atoms with Gasteiger partial charge in [0.25, 0.3) is 0 Å². The van der Waals surface area contributed by atoms with Gasteiger partial charge < -0.3 is 21.1 Å². The number of hydrogen-bond acceptors (Lipinski definition) is 3. The van der Waals surface area contributed by atoms with Crippen molar-refractivity contribution in [3.05, 3.63) is 0 Å². The Morgan fingerprint density at radius 1 is 1.35 bits per heavy atom. The normalized spacial score (nSPS) is 20.6. The monoisotopic (exact) mass is 285 g/mol. The van der Waals surface area contributed by atoms with E-state index in [1.54, 1.807) is 13.8 Å². The molecule has 1 rings (SSSR count). The van der Waals surface area contributed by atoms with Crippen LogP contribution in [0.5, 0.6) is 0 Å². The number of amides is 3. The maximum Gasteiger partial charge on any atom is 0.318 e. The predicted molar refractivity (Wildman–Crippen MR) is 72.9 cm³/mol. The third kappa shape index (κ3) is 4.40. The summed E-state index contributed by atoms with van der Waals surface area (Å²) < 4.78 is 0. The van der Waals surface area contributed by atoms with Crippen LogP contribution in [0.1, 0.15) is 39.5 Å². The standard InChI is InChI=1S/C13H23N3O4/c1-8(2)11(12(14)19)15-13(20)16-6-4-3-5-9(16)7-10(17)18/h8-9,11H,3-7H2,1-2H3,(H2,14,19)(H,15,20)(H,17,18). The number of carbonyl (C=O) groups is 3. The Kier molecular flexibility index (Phi) is 5.79. The van der Waals surface area contributed by atoms with Crippen molar-refractivity contribution in [2.24, 2.45) is 11.7 Å². The van der Waals surface area contributed by atoms with Crippen LogP contribution in [0.2, 0.25) is 0 Å². The molecule has 2 atom stereocenters. The van der Waals surface area contributed by atoms with Gasteiger partial charge >= 0.3 is 12.0 Å². The molecule has 0 aromatic heterocycles. The second-order valence-electron chi connectivity index (χ2n) is 5.51. The Bertz CT molecular complexity index is 384. The number of carboxylic acids is 1. The number of rotatable bonds is 5. The highest BCUT2D eigenvalue weighted by atomic mass is 16.4. The van der Waals surface area contributed by atoms with E-state index < -0.39 is 23.9 Å². The molecule has 0 aliphatic carbocycles. The van der Waals surface area contributed by atoms with E-state index in [1.807, 2.05) is 0 Å². The van der Waals surface area contributed by atoms with E-state index in [-0.39, 0.29) is 18.4 Å². The van der Waals surface area contributed by atoms with Gasteiger partial charge in [-0.25, -0.2) is 4.79 Å². The summed E-state index contributed by atoms with van der Waals surface area (Å²) in [5.74, 6) is -1.62. The highest BCUT2D eigenvalue weighted by molar-refractivity contribution is 5.86. The summed E-state index contributed by atoms with van der Waals surface area (Å²) in [5, 5.41) is 11.5. The van der Waals surface area contributed by atoms with Crippen molar-refractivity contribution in [1.29, 1.82) is 0 Å². The van der Waals surface area contributed by atoms with Gasteiger partial charge in [0.05, 0.1) is 6.42 Å². The molecule has 0 bridgehead atoms. The lowest BCUT2D eigenvalue weighted by atomic mass is 9.99. The molecule has 20 heavy (non-hydrogen) atoms. The summed E-state index contributed by atoms with van der Waals surface area (Å²) in [4.78, 5) is 35.9. The van der Waals surface area contributed by atoms with Crippen LogP contribution in [0.15, 0.2) is 0 Å². The molecule has 0 saturated carbocycles. The number of likely N-dealkylation sites (tertiary alicyclic amines) is 1. The third-order valence-corrected chi connectivity index (χ3v) is 3.55. The van der Waals surface area contributed by atoms with Crippen LogP contribution in [0.3, 0.4) is 0 Å². The van der Waals surface area contributed by atoms with E-state index in [4.69, 9.17) is 10.8 Å². The molecule has 0 spiro atoms. The Morgan fingerprint density at radius 3 is 2.50 bits per heavy atom. The van der Waals surface area contributed by atoms with Gasteiger partial charge in [0.15, 0.2) is 0 Å². The van der Waals surface area contributed by atoms with Gasteiger partial charge in [0, 0.05) is 12.6 Å². The number of carboxylic acid groups (broad SMARTS) is 1. The van der Waals surface area contributed by atoms with E-state index in [9.17, 15) is 14.4 Å². The molecule has 7 heteroatoms. The van der Waals surface area contributed by atoms with Crippen molar-refractivity contribution < 1.29 is 19.5 Å². The van der Waals surface area contributed by atoms with Gasteiger partial charge in [-0.15, -0.1) is 0 Å². The van der Waals surface area contributed by atoms with Crippen LogP contribution in [-0.2, 0) is 9.59 Å².